The van der Waals surface area contributed by atoms with Crippen LogP contribution >= 0.6 is 0 Å². The minimum Gasteiger partial charge on any atom is -0.372 e. The van der Waals surface area contributed by atoms with Gasteiger partial charge in [-0.3, -0.25) is 4.79 Å². The number of hydrogen-bond donors (Lipinski definition) is 1. The summed E-state index contributed by atoms with van der Waals surface area (Å²) in [4.78, 5) is 13.3. The number of carbonyl (C=O) groups is 1. The number of nitrogens with two attached hydrogens (primary N) is 1. The number of unbranched alkanes of at least 4 members (excludes halogenated alkanes) is 1. The maximum atomic E-state index is 11.5. The van der Waals surface area contributed by atoms with Crippen LogP contribution in [0.4, 0.5) is 0 Å². The normalized spacial score (nSPS) is 10.2. The van der Waals surface area contributed by atoms with Crippen LogP contribution in [0.5, 0.6) is 0 Å². The van der Waals surface area contributed by atoms with Crippen molar-refractivity contribution in [1.82, 2.24) is 4.90 Å². The van der Waals surface area contributed by atoms with E-state index in [1.54, 1.807) is 4.90 Å². The molecule has 0 aliphatic rings. The fourth-order valence-corrected chi connectivity index (χ4v) is 1.15. The summed E-state index contributed by atoms with van der Waals surface area (Å²) in [5.74, 6) is 0.0470. The number of amides is 1. The molecular formula is C10H22N2O2. The first-order valence-corrected chi connectivity index (χ1v) is 5.31. The van der Waals surface area contributed by atoms with Gasteiger partial charge < -0.3 is 15.4 Å². The molecule has 0 heterocycles. The molecule has 0 saturated heterocycles. The average Bonchev–Trinajstić information content (AvgIpc) is 2.20. The molecule has 0 bridgehead atoms. The van der Waals surface area contributed by atoms with Crippen LogP contribution in [0.2, 0.25) is 0 Å². The standard InChI is InChI=1S/C10H22N2O2/c1-3-5-7-12(8-6-11)10(13)9-14-4-2/h3-9,11H2,1-2H3. The van der Waals surface area contributed by atoms with E-state index in [-0.39, 0.29) is 12.5 Å². The van der Waals surface area contributed by atoms with Gasteiger partial charge in [0.1, 0.15) is 6.61 Å². The molecule has 84 valence electrons. The third kappa shape index (κ3) is 5.94. The Balaban J connectivity index is 3.84. The van der Waals surface area contributed by atoms with E-state index in [9.17, 15) is 4.79 Å². The fraction of sp³-hybridized carbons (Fsp3) is 0.900. The van der Waals surface area contributed by atoms with Crippen molar-refractivity contribution in [3.05, 3.63) is 0 Å². The van der Waals surface area contributed by atoms with Crippen molar-refractivity contribution in [3.8, 4) is 0 Å². The fourth-order valence-electron chi connectivity index (χ4n) is 1.15. The van der Waals surface area contributed by atoms with Gasteiger partial charge in [0, 0.05) is 26.2 Å². The molecule has 2 N–H and O–H groups in total. The predicted molar refractivity (Wildman–Crippen MR) is 57.0 cm³/mol. The molecule has 0 rings (SSSR count). The monoisotopic (exact) mass is 202 g/mol. The van der Waals surface area contributed by atoms with Gasteiger partial charge in [0.15, 0.2) is 0 Å². The van der Waals surface area contributed by atoms with Crippen molar-refractivity contribution >= 4 is 5.91 Å². The van der Waals surface area contributed by atoms with E-state index >= 15 is 0 Å². The second kappa shape index (κ2) is 8.97. The van der Waals surface area contributed by atoms with Crippen molar-refractivity contribution in [2.24, 2.45) is 5.73 Å². The summed E-state index contributed by atoms with van der Waals surface area (Å²) < 4.78 is 5.07. The van der Waals surface area contributed by atoms with Gasteiger partial charge >= 0.3 is 0 Å². The van der Waals surface area contributed by atoms with E-state index in [2.05, 4.69) is 6.92 Å². The molecule has 1 amide bonds. The minimum atomic E-state index is 0.0470. The summed E-state index contributed by atoms with van der Waals surface area (Å²) in [6, 6.07) is 0. The van der Waals surface area contributed by atoms with E-state index in [1.807, 2.05) is 6.92 Å². The Hall–Kier alpha value is -0.610. The number of ether oxygens (including phenoxy) is 1. The van der Waals surface area contributed by atoms with Crippen LogP contribution in [0.1, 0.15) is 26.7 Å². The molecule has 0 aromatic carbocycles. The highest BCUT2D eigenvalue weighted by molar-refractivity contribution is 5.77. The molecule has 0 aliphatic heterocycles. The SMILES string of the molecule is CCCCN(CCN)C(=O)COCC. The van der Waals surface area contributed by atoms with Gasteiger partial charge in [-0.1, -0.05) is 13.3 Å². The quantitative estimate of drug-likeness (QED) is 0.627. The Morgan fingerprint density at radius 1 is 1.36 bits per heavy atom. The van der Waals surface area contributed by atoms with Crippen LogP contribution in [0.25, 0.3) is 0 Å². The van der Waals surface area contributed by atoms with Gasteiger partial charge in [0.05, 0.1) is 0 Å². The second-order valence-corrected chi connectivity index (χ2v) is 3.16. The summed E-state index contributed by atoms with van der Waals surface area (Å²) >= 11 is 0. The number of nitrogens with zero attached hydrogens (tertiary/aromatic N) is 1. The molecule has 4 heteroatoms. The Bertz CT molecular complexity index is 151. The molecule has 0 aromatic heterocycles. The lowest BCUT2D eigenvalue weighted by molar-refractivity contribution is -0.135. The summed E-state index contributed by atoms with van der Waals surface area (Å²) in [6.07, 6.45) is 2.11. The molecule has 14 heavy (non-hydrogen) atoms. The Morgan fingerprint density at radius 2 is 2.07 bits per heavy atom. The molecule has 0 unspecified atom stereocenters. The summed E-state index contributed by atoms with van der Waals surface area (Å²) in [5, 5.41) is 0. The first kappa shape index (κ1) is 13.4. The van der Waals surface area contributed by atoms with Crippen LogP contribution in [0.15, 0.2) is 0 Å². The smallest absolute Gasteiger partial charge is 0.248 e. The lowest BCUT2D eigenvalue weighted by atomic mass is 10.3. The highest BCUT2D eigenvalue weighted by Crippen LogP contribution is 1.96. The van der Waals surface area contributed by atoms with E-state index in [0.717, 1.165) is 19.4 Å². The third-order valence-corrected chi connectivity index (χ3v) is 1.96. The van der Waals surface area contributed by atoms with Crippen molar-refractivity contribution in [2.75, 3.05) is 32.8 Å². The van der Waals surface area contributed by atoms with Crippen LogP contribution < -0.4 is 5.73 Å². The topological polar surface area (TPSA) is 55.6 Å². The second-order valence-electron chi connectivity index (χ2n) is 3.16. The zero-order valence-electron chi connectivity index (χ0n) is 9.29. The number of rotatable bonds is 8. The van der Waals surface area contributed by atoms with E-state index < -0.39 is 0 Å². The van der Waals surface area contributed by atoms with Gasteiger partial charge in [-0.05, 0) is 13.3 Å². The van der Waals surface area contributed by atoms with Crippen molar-refractivity contribution in [3.63, 3.8) is 0 Å². The van der Waals surface area contributed by atoms with Crippen LogP contribution in [-0.4, -0.2) is 43.7 Å². The summed E-state index contributed by atoms with van der Waals surface area (Å²) in [7, 11) is 0. The number of carbonyl (C=O) groups excluding carboxylic acids is 1. The molecule has 4 nitrogen and oxygen atoms in total. The molecule has 0 aliphatic carbocycles. The molecule has 0 atom stereocenters. The first-order chi connectivity index (χ1) is 6.76. The summed E-state index contributed by atoms with van der Waals surface area (Å²) in [6.45, 7) is 6.68. The van der Waals surface area contributed by atoms with Crippen LogP contribution in [-0.2, 0) is 9.53 Å². The minimum absolute atomic E-state index is 0.0470. The van der Waals surface area contributed by atoms with Gasteiger partial charge in [0.2, 0.25) is 5.91 Å². The average molecular weight is 202 g/mol. The van der Waals surface area contributed by atoms with Crippen molar-refractivity contribution < 1.29 is 9.53 Å². The van der Waals surface area contributed by atoms with Crippen molar-refractivity contribution in [1.29, 1.82) is 0 Å². The molecule has 0 radical (unpaired) electrons. The van der Waals surface area contributed by atoms with Crippen LogP contribution in [0.3, 0.4) is 0 Å². The highest BCUT2D eigenvalue weighted by atomic mass is 16.5. The van der Waals surface area contributed by atoms with Gasteiger partial charge in [-0.15, -0.1) is 0 Å². The van der Waals surface area contributed by atoms with Gasteiger partial charge in [-0.2, -0.15) is 0 Å². The zero-order valence-corrected chi connectivity index (χ0v) is 9.29. The Kier molecular flexibility index (Phi) is 8.57. The lowest BCUT2D eigenvalue weighted by Crippen LogP contribution is -2.38. The lowest BCUT2D eigenvalue weighted by Gasteiger charge is -2.21. The molecule has 0 fully saturated rings. The molecule has 0 aromatic rings. The maximum Gasteiger partial charge on any atom is 0.248 e. The molecular weight excluding hydrogens is 180 g/mol. The molecule has 0 saturated carbocycles. The maximum absolute atomic E-state index is 11.5. The number of hydrogen-bond acceptors (Lipinski definition) is 3. The Labute approximate surface area is 86.4 Å². The third-order valence-electron chi connectivity index (χ3n) is 1.96. The highest BCUT2D eigenvalue weighted by Gasteiger charge is 2.11. The molecule has 0 spiro atoms. The summed E-state index contributed by atoms with van der Waals surface area (Å²) in [5.41, 5.74) is 5.43. The van der Waals surface area contributed by atoms with E-state index in [1.165, 1.54) is 0 Å². The predicted octanol–water partition coefficient (Wildman–Crippen LogP) is 0.610. The zero-order chi connectivity index (χ0) is 10.8. The van der Waals surface area contributed by atoms with E-state index in [4.69, 9.17) is 10.5 Å². The van der Waals surface area contributed by atoms with Gasteiger partial charge in [0.25, 0.3) is 0 Å². The van der Waals surface area contributed by atoms with Crippen LogP contribution in [0, 0.1) is 0 Å². The van der Waals surface area contributed by atoms with E-state index in [0.29, 0.717) is 19.7 Å². The van der Waals surface area contributed by atoms with Crippen molar-refractivity contribution in [2.45, 2.75) is 26.7 Å². The first-order valence-electron chi connectivity index (χ1n) is 5.31. The van der Waals surface area contributed by atoms with Gasteiger partial charge in [-0.25, -0.2) is 0 Å². The largest absolute Gasteiger partial charge is 0.372 e. The Morgan fingerprint density at radius 3 is 2.57 bits per heavy atom.